The van der Waals surface area contributed by atoms with Crippen LogP contribution in [0.1, 0.15) is 105 Å². The number of carbonyl (C=O) groups is 2. The summed E-state index contributed by atoms with van der Waals surface area (Å²) in [6.07, 6.45) is 9.96. The van der Waals surface area contributed by atoms with Crippen molar-refractivity contribution in [2.75, 3.05) is 7.11 Å². The summed E-state index contributed by atoms with van der Waals surface area (Å²) in [6, 6.07) is 0. The standard InChI is InChI=1S/C23H43NO4/c1-7-22(4)17-19(18(3)23(5,8-2)24-22)28-21(26)16-14-12-10-9-11-13-15-20(25)27-6/h18-19,24H,7-17H2,1-6H3. The molecule has 1 fully saturated rings. The van der Waals surface area contributed by atoms with Crippen molar-refractivity contribution in [3.05, 3.63) is 0 Å². The van der Waals surface area contributed by atoms with Crippen LogP contribution < -0.4 is 5.32 Å². The Balaban J connectivity index is 2.31. The second-order valence-electron chi connectivity index (χ2n) is 9.03. The third-order valence-corrected chi connectivity index (χ3v) is 6.84. The molecule has 0 amide bonds. The van der Waals surface area contributed by atoms with E-state index in [4.69, 9.17) is 4.74 Å². The maximum atomic E-state index is 12.4. The van der Waals surface area contributed by atoms with Crippen LogP contribution >= 0.6 is 0 Å². The van der Waals surface area contributed by atoms with E-state index < -0.39 is 0 Å². The summed E-state index contributed by atoms with van der Waals surface area (Å²) < 4.78 is 10.6. The van der Waals surface area contributed by atoms with Gasteiger partial charge in [0.1, 0.15) is 6.10 Å². The minimum atomic E-state index is -0.131. The molecular weight excluding hydrogens is 354 g/mol. The second-order valence-corrected chi connectivity index (χ2v) is 9.03. The molecule has 0 bridgehead atoms. The molecule has 0 radical (unpaired) electrons. The molecule has 5 nitrogen and oxygen atoms in total. The van der Waals surface area contributed by atoms with E-state index in [9.17, 15) is 9.59 Å². The van der Waals surface area contributed by atoms with Gasteiger partial charge in [-0.2, -0.15) is 0 Å². The average Bonchev–Trinajstić information content (AvgIpc) is 2.67. The SMILES string of the molecule is CCC1(C)CC(OC(=O)CCCCCCCCC(=O)OC)C(C)C(C)(CC)N1. The van der Waals surface area contributed by atoms with Crippen LogP contribution in [-0.4, -0.2) is 36.2 Å². The predicted molar refractivity (Wildman–Crippen MR) is 113 cm³/mol. The van der Waals surface area contributed by atoms with Crippen LogP contribution in [0.5, 0.6) is 0 Å². The second kappa shape index (κ2) is 11.8. The lowest BCUT2D eigenvalue weighted by Gasteiger charge is -2.52. The summed E-state index contributed by atoms with van der Waals surface area (Å²) in [4.78, 5) is 23.5. The van der Waals surface area contributed by atoms with Gasteiger partial charge in [0, 0.05) is 36.3 Å². The van der Waals surface area contributed by atoms with Gasteiger partial charge in [-0.15, -0.1) is 0 Å². The molecule has 1 saturated heterocycles. The zero-order valence-electron chi connectivity index (χ0n) is 19.1. The van der Waals surface area contributed by atoms with E-state index >= 15 is 0 Å². The zero-order chi connectivity index (χ0) is 21.2. The first-order valence-corrected chi connectivity index (χ1v) is 11.3. The molecule has 0 aliphatic carbocycles. The molecule has 4 unspecified atom stereocenters. The van der Waals surface area contributed by atoms with Crippen molar-refractivity contribution in [1.29, 1.82) is 0 Å². The highest BCUT2D eigenvalue weighted by Crippen LogP contribution is 2.38. The van der Waals surface area contributed by atoms with Crippen molar-refractivity contribution in [1.82, 2.24) is 5.32 Å². The van der Waals surface area contributed by atoms with Gasteiger partial charge in [-0.05, 0) is 39.5 Å². The first-order valence-electron chi connectivity index (χ1n) is 11.3. The van der Waals surface area contributed by atoms with E-state index in [0.717, 1.165) is 57.8 Å². The van der Waals surface area contributed by atoms with E-state index in [1.165, 1.54) is 7.11 Å². The Kier molecular flexibility index (Phi) is 10.5. The van der Waals surface area contributed by atoms with Crippen LogP contribution in [0.25, 0.3) is 0 Å². The summed E-state index contributed by atoms with van der Waals surface area (Å²) in [5.74, 6) is 0.116. The molecule has 0 saturated carbocycles. The molecule has 1 aliphatic rings. The van der Waals surface area contributed by atoms with Crippen LogP contribution in [-0.2, 0) is 19.1 Å². The summed E-state index contributed by atoms with van der Waals surface area (Å²) in [5, 5.41) is 3.83. The number of esters is 2. The Morgan fingerprint density at radius 1 is 0.929 bits per heavy atom. The minimum Gasteiger partial charge on any atom is -0.469 e. The Morgan fingerprint density at radius 2 is 1.46 bits per heavy atom. The van der Waals surface area contributed by atoms with Crippen molar-refractivity contribution in [2.24, 2.45) is 5.92 Å². The summed E-state index contributed by atoms with van der Waals surface area (Å²) >= 11 is 0. The molecular formula is C23H43NO4. The number of piperidine rings is 1. The number of unbranched alkanes of at least 4 members (excludes halogenated alkanes) is 5. The van der Waals surface area contributed by atoms with Crippen LogP contribution in [0.4, 0.5) is 0 Å². The fourth-order valence-corrected chi connectivity index (χ4v) is 4.25. The third-order valence-electron chi connectivity index (χ3n) is 6.84. The fraction of sp³-hybridized carbons (Fsp3) is 0.913. The molecule has 28 heavy (non-hydrogen) atoms. The largest absolute Gasteiger partial charge is 0.469 e. The molecule has 0 aromatic heterocycles. The minimum absolute atomic E-state index is 0.00183. The number of hydrogen-bond acceptors (Lipinski definition) is 5. The quantitative estimate of drug-likeness (QED) is 0.364. The molecule has 1 aliphatic heterocycles. The number of ether oxygens (including phenoxy) is 2. The van der Waals surface area contributed by atoms with Gasteiger partial charge in [0.15, 0.2) is 0 Å². The summed E-state index contributed by atoms with van der Waals surface area (Å²) in [5.41, 5.74) is 0.0184. The maximum absolute atomic E-state index is 12.4. The van der Waals surface area contributed by atoms with Crippen LogP contribution in [0.15, 0.2) is 0 Å². The Bertz CT molecular complexity index is 495. The van der Waals surface area contributed by atoms with E-state index in [2.05, 4.69) is 44.7 Å². The monoisotopic (exact) mass is 397 g/mol. The molecule has 5 heteroatoms. The van der Waals surface area contributed by atoms with Crippen LogP contribution in [0, 0.1) is 5.92 Å². The van der Waals surface area contributed by atoms with E-state index in [1.807, 2.05) is 0 Å². The van der Waals surface area contributed by atoms with Crippen molar-refractivity contribution in [3.63, 3.8) is 0 Å². The van der Waals surface area contributed by atoms with Crippen molar-refractivity contribution < 1.29 is 19.1 Å². The lowest BCUT2D eigenvalue weighted by Crippen LogP contribution is -2.66. The smallest absolute Gasteiger partial charge is 0.306 e. The zero-order valence-corrected chi connectivity index (χ0v) is 19.1. The van der Waals surface area contributed by atoms with Gasteiger partial charge in [0.25, 0.3) is 0 Å². The average molecular weight is 398 g/mol. The lowest BCUT2D eigenvalue weighted by atomic mass is 9.70. The van der Waals surface area contributed by atoms with Crippen LogP contribution in [0.3, 0.4) is 0 Å². The lowest BCUT2D eigenvalue weighted by molar-refractivity contribution is -0.159. The number of nitrogens with one attached hydrogen (secondary N) is 1. The number of hydrogen-bond donors (Lipinski definition) is 1. The Morgan fingerprint density at radius 3 is 1.96 bits per heavy atom. The fourth-order valence-electron chi connectivity index (χ4n) is 4.25. The molecule has 1 heterocycles. The van der Waals surface area contributed by atoms with Crippen molar-refractivity contribution >= 4 is 11.9 Å². The maximum Gasteiger partial charge on any atom is 0.306 e. The first kappa shape index (κ1) is 24.9. The highest BCUT2D eigenvalue weighted by atomic mass is 16.5. The Labute approximate surface area is 172 Å². The molecule has 0 spiro atoms. The predicted octanol–water partition coefficient (Wildman–Crippen LogP) is 5.16. The van der Waals surface area contributed by atoms with Crippen molar-refractivity contribution in [3.8, 4) is 0 Å². The van der Waals surface area contributed by atoms with Gasteiger partial charge in [-0.3, -0.25) is 9.59 Å². The van der Waals surface area contributed by atoms with E-state index in [0.29, 0.717) is 18.8 Å². The van der Waals surface area contributed by atoms with Crippen LogP contribution in [0.2, 0.25) is 0 Å². The third kappa shape index (κ3) is 7.73. The molecule has 0 aromatic carbocycles. The number of rotatable bonds is 12. The van der Waals surface area contributed by atoms with Crippen molar-refractivity contribution in [2.45, 2.75) is 122 Å². The molecule has 1 rings (SSSR count). The summed E-state index contributed by atoms with van der Waals surface area (Å²) in [6.45, 7) is 11.1. The van der Waals surface area contributed by atoms with Gasteiger partial charge in [-0.25, -0.2) is 0 Å². The number of carbonyl (C=O) groups excluding carboxylic acids is 2. The molecule has 164 valence electrons. The van der Waals surface area contributed by atoms with E-state index in [1.54, 1.807) is 0 Å². The molecule has 0 aromatic rings. The van der Waals surface area contributed by atoms with Gasteiger partial charge < -0.3 is 14.8 Å². The highest BCUT2D eigenvalue weighted by molar-refractivity contribution is 5.69. The van der Waals surface area contributed by atoms with Gasteiger partial charge in [0.2, 0.25) is 0 Å². The highest BCUT2D eigenvalue weighted by Gasteiger charge is 2.47. The molecule has 4 atom stereocenters. The summed E-state index contributed by atoms with van der Waals surface area (Å²) in [7, 11) is 1.43. The van der Waals surface area contributed by atoms with Gasteiger partial charge in [0.05, 0.1) is 7.11 Å². The molecule has 1 N–H and O–H groups in total. The normalized spacial score (nSPS) is 30.1. The Hall–Kier alpha value is -1.10. The topological polar surface area (TPSA) is 64.6 Å². The van der Waals surface area contributed by atoms with Gasteiger partial charge >= 0.3 is 11.9 Å². The van der Waals surface area contributed by atoms with E-state index in [-0.39, 0.29) is 29.1 Å². The first-order chi connectivity index (χ1) is 13.2. The van der Waals surface area contributed by atoms with Gasteiger partial charge in [-0.1, -0.05) is 46.5 Å². The number of methoxy groups -OCH3 is 1.